The number of aliphatic hydroxyl groups excluding tert-OH is 1. The highest BCUT2D eigenvalue weighted by atomic mass is 35.5. The van der Waals surface area contributed by atoms with E-state index in [0.29, 0.717) is 12.0 Å². The van der Waals surface area contributed by atoms with Crippen molar-refractivity contribution in [3.63, 3.8) is 0 Å². The molecule has 1 aromatic rings. The Morgan fingerprint density at radius 3 is 2.52 bits per heavy atom. The zero-order chi connectivity index (χ0) is 15.4. The van der Waals surface area contributed by atoms with Gasteiger partial charge in [0.05, 0.1) is 6.10 Å². The van der Waals surface area contributed by atoms with Gasteiger partial charge in [-0.1, -0.05) is 31.5 Å². The molecule has 4 heteroatoms. The Hall–Kier alpha value is -0.770. The quantitative estimate of drug-likeness (QED) is 0.874. The lowest BCUT2D eigenvalue weighted by Crippen LogP contribution is -2.38. The first-order valence-corrected chi connectivity index (χ1v) is 8.30. The molecule has 0 aliphatic carbocycles. The topological polar surface area (TPSA) is 35.5 Å². The van der Waals surface area contributed by atoms with Crippen molar-refractivity contribution in [2.24, 2.45) is 5.92 Å². The third-order valence-electron chi connectivity index (χ3n) is 4.34. The van der Waals surface area contributed by atoms with Gasteiger partial charge in [-0.05, 0) is 37.8 Å². The maximum atomic E-state index is 9.73. The summed E-state index contributed by atoms with van der Waals surface area (Å²) in [7, 11) is 0. The highest BCUT2D eigenvalue weighted by Gasteiger charge is 2.24. The largest absolute Gasteiger partial charge is 0.393 e. The van der Waals surface area contributed by atoms with Gasteiger partial charge in [0, 0.05) is 41.9 Å². The van der Waals surface area contributed by atoms with Crippen molar-refractivity contribution >= 4 is 17.3 Å². The van der Waals surface area contributed by atoms with Gasteiger partial charge in [0.15, 0.2) is 0 Å². The van der Waals surface area contributed by atoms with Crippen LogP contribution < -0.4 is 10.2 Å². The summed E-state index contributed by atoms with van der Waals surface area (Å²) in [4.78, 5) is 2.40. The minimum atomic E-state index is -0.200. The molecule has 0 bridgehead atoms. The summed E-state index contributed by atoms with van der Waals surface area (Å²) in [5, 5.41) is 14.0. The monoisotopic (exact) mass is 310 g/mol. The SMILES string of the molecule is CC(C)NCc1c(Cl)cccc1N1CCC(C(C)O)CC1. The van der Waals surface area contributed by atoms with Crippen LogP contribution in [-0.2, 0) is 6.54 Å². The second-order valence-electron chi connectivity index (χ2n) is 6.34. The van der Waals surface area contributed by atoms with E-state index < -0.39 is 0 Å². The molecule has 2 N–H and O–H groups in total. The summed E-state index contributed by atoms with van der Waals surface area (Å²) in [5.41, 5.74) is 2.42. The third kappa shape index (κ3) is 4.35. The van der Waals surface area contributed by atoms with Crippen LogP contribution in [-0.4, -0.2) is 30.3 Å². The molecule has 1 atom stereocenters. The summed E-state index contributed by atoms with van der Waals surface area (Å²) in [6.07, 6.45) is 1.89. The molecule has 2 rings (SSSR count). The predicted molar refractivity (Wildman–Crippen MR) is 90.0 cm³/mol. The lowest BCUT2D eigenvalue weighted by molar-refractivity contribution is 0.110. The normalized spacial score (nSPS) is 18.3. The molecule has 1 aromatic carbocycles. The van der Waals surface area contributed by atoms with Crippen LogP contribution in [0.2, 0.25) is 5.02 Å². The van der Waals surface area contributed by atoms with E-state index in [1.54, 1.807) is 0 Å². The van der Waals surface area contributed by atoms with Gasteiger partial charge in [0.2, 0.25) is 0 Å². The van der Waals surface area contributed by atoms with Crippen LogP contribution in [0.3, 0.4) is 0 Å². The molecule has 1 fully saturated rings. The zero-order valence-electron chi connectivity index (χ0n) is 13.3. The molecule has 0 saturated carbocycles. The summed E-state index contributed by atoms with van der Waals surface area (Å²) in [6, 6.07) is 6.59. The van der Waals surface area contributed by atoms with E-state index in [4.69, 9.17) is 11.6 Å². The number of hydrogen-bond acceptors (Lipinski definition) is 3. The highest BCUT2D eigenvalue weighted by Crippen LogP contribution is 2.31. The van der Waals surface area contributed by atoms with Crippen molar-refractivity contribution in [1.82, 2.24) is 5.32 Å². The van der Waals surface area contributed by atoms with Gasteiger partial charge in [-0.2, -0.15) is 0 Å². The van der Waals surface area contributed by atoms with Gasteiger partial charge >= 0.3 is 0 Å². The van der Waals surface area contributed by atoms with Crippen LogP contribution in [0.5, 0.6) is 0 Å². The number of benzene rings is 1. The molecule has 0 spiro atoms. The van der Waals surface area contributed by atoms with Crippen LogP contribution in [0.25, 0.3) is 0 Å². The average Bonchev–Trinajstić information content (AvgIpc) is 2.45. The van der Waals surface area contributed by atoms with Crippen molar-refractivity contribution in [1.29, 1.82) is 0 Å². The third-order valence-corrected chi connectivity index (χ3v) is 4.70. The zero-order valence-corrected chi connectivity index (χ0v) is 14.0. The van der Waals surface area contributed by atoms with Gasteiger partial charge in [-0.15, -0.1) is 0 Å². The van der Waals surface area contributed by atoms with Gasteiger partial charge < -0.3 is 15.3 Å². The molecule has 118 valence electrons. The molecule has 0 radical (unpaired) electrons. The Morgan fingerprint density at radius 2 is 1.95 bits per heavy atom. The van der Waals surface area contributed by atoms with Crippen molar-refractivity contribution in [2.75, 3.05) is 18.0 Å². The summed E-state index contributed by atoms with van der Waals surface area (Å²) in [5.74, 6) is 0.428. The van der Waals surface area contributed by atoms with E-state index in [9.17, 15) is 5.11 Å². The van der Waals surface area contributed by atoms with Crippen LogP contribution in [0.1, 0.15) is 39.2 Å². The smallest absolute Gasteiger partial charge is 0.0541 e. The number of nitrogens with zero attached hydrogens (tertiary/aromatic N) is 1. The number of piperidine rings is 1. The van der Waals surface area contributed by atoms with Gasteiger partial charge in [0.1, 0.15) is 0 Å². The molecule has 1 unspecified atom stereocenters. The second kappa shape index (κ2) is 7.48. The van der Waals surface area contributed by atoms with E-state index in [0.717, 1.165) is 37.5 Å². The Labute approximate surface area is 133 Å². The fourth-order valence-corrected chi connectivity index (χ4v) is 3.18. The Balaban J connectivity index is 2.11. The predicted octanol–water partition coefficient (Wildman–Crippen LogP) is 3.44. The van der Waals surface area contributed by atoms with E-state index in [2.05, 4.69) is 30.1 Å². The lowest BCUT2D eigenvalue weighted by Gasteiger charge is -2.36. The number of hydrogen-bond donors (Lipinski definition) is 2. The average molecular weight is 311 g/mol. The van der Waals surface area contributed by atoms with Gasteiger partial charge in [-0.25, -0.2) is 0 Å². The van der Waals surface area contributed by atoms with Gasteiger partial charge in [-0.3, -0.25) is 0 Å². The Morgan fingerprint density at radius 1 is 1.29 bits per heavy atom. The summed E-state index contributed by atoms with van der Waals surface area (Å²) < 4.78 is 0. The first-order chi connectivity index (χ1) is 9.99. The summed E-state index contributed by atoms with van der Waals surface area (Å²) in [6.45, 7) is 8.96. The maximum absolute atomic E-state index is 9.73. The van der Waals surface area contributed by atoms with Crippen molar-refractivity contribution in [2.45, 2.75) is 52.3 Å². The van der Waals surface area contributed by atoms with E-state index in [-0.39, 0.29) is 6.10 Å². The summed E-state index contributed by atoms with van der Waals surface area (Å²) >= 11 is 6.40. The first-order valence-electron chi connectivity index (χ1n) is 7.92. The fourth-order valence-electron chi connectivity index (χ4n) is 2.95. The van der Waals surface area contributed by atoms with Crippen molar-refractivity contribution in [3.05, 3.63) is 28.8 Å². The number of rotatable bonds is 5. The minimum Gasteiger partial charge on any atom is -0.393 e. The standard InChI is InChI=1S/C17H27ClN2O/c1-12(2)19-11-15-16(18)5-4-6-17(15)20-9-7-14(8-10-20)13(3)21/h4-6,12-14,19,21H,7-11H2,1-3H3. The van der Waals surface area contributed by atoms with Crippen LogP contribution >= 0.6 is 11.6 Å². The van der Waals surface area contributed by atoms with Crippen LogP contribution in [0, 0.1) is 5.92 Å². The molecule has 21 heavy (non-hydrogen) atoms. The molecule has 1 aliphatic rings. The minimum absolute atomic E-state index is 0.200. The van der Waals surface area contributed by atoms with Crippen LogP contribution in [0.15, 0.2) is 18.2 Å². The second-order valence-corrected chi connectivity index (χ2v) is 6.75. The first kappa shape index (κ1) is 16.6. The number of aliphatic hydroxyl groups is 1. The van der Waals surface area contributed by atoms with E-state index >= 15 is 0 Å². The molecule has 3 nitrogen and oxygen atoms in total. The molecular weight excluding hydrogens is 284 g/mol. The molecule has 1 heterocycles. The lowest BCUT2D eigenvalue weighted by atomic mass is 9.91. The van der Waals surface area contributed by atoms with Gasteiger partial charge in [0.25, 0.3) is 0 Å². The number of halogens is 1. The van der Waals surface area contributed by atoms with Crippen molar-refractivity contribution < 1.29 is 5.11 Å². The van der Waals surface area contributed by atoms with Crippen LogP contribution in [0.4, 0.5) is 5.69 Å². The Bertz CT molecular complexity index is 454. The fraction of sp³-hybridized carbons (Fsp3) is 0.647. The Kier molecular flexibility index (Phi) is 5.91. The number of anilines is 1. The maximum Gasteiger partial charge on any atom is 0.0541 e. The molecule has 0 aromatic heterocycles. The molecular formula is C17H27ClN2O. The van der Waals surface area contributed by atoms with Crippen molar-refractivity contribution in [3.8, 4) is 0 Å². The molecule has 0 amide bonds. The molecule has 1 aliphatic heterocycles. The number of nitrogens with one attached hydrogen (secondary N) is 1. The molecule has 1 saturated heterocycles. The van der Waals surface area contributed by atoms with E-state index in [1.165, 1.54) is 11.3 Å². The highest BCUT2D eigenvalue weighted by molar-refractivity contribution is 6.31. The van der Waals surface area contributed by atoms with E-state index in [1.807, 2.05) is 19.1 Å².